The van der Waals surface area contributed by atoms with Crippen LogP contribution in [0.25, 0.3) is 11.0 Å². The highest BCUT2D eigenvalue weighted by molar-refractivity contribution is 6.33. The summed E-state index contributed by atoms with van der Waals surface area (Å²) in [6.07, 6.45) is -4.33. The molecule has 0 saturated carbocycles. The molecule has 0 aliphatic carbocycles. The maximum atomic E-state index is 12.7. The molecule has 1 aromatic carbocycles. The van der Waals surface area contributed by atoms with Gasteiger partial charge in [-0.05, 0) is 29.8 Å². The van der Waals surface area contributed by atoms with Crippen molar-refractivity contribution in [3.63, 3.8) is 0 Å². The van der Waals surface area contributed by atoms with Crippen molar-refractivity contribution in [2.24, 2.45) is 0 Å². The van der Waals surface area contributed by atoms with Crippen LogP contribution in [0.15, 0.2) is 47.0 Å². The number of benzene rings is 1. The number of furan rings is 1. The molecule has 0 saturated heterocycles. The van der Waals surface area contributed by atoms with Crippen LogP contribution in [0.2, 0.25) is 5.15 Å². The summed E-state index contributed by atoms with van der Waals surface area (Å²) in [5.41, 5.74) is -0.469. The first-order chi connectivity index (χ1) is 10.4. The molecule has 0 fully saturated rings. The predicted octanol–water partition coefficient (Wildman–Crippen LogP) is 4.58. The first-order valence-electron chi connectivity index (χ1n) is 6.25. The Morgan fingerprint density at radius 3 is 2.64 bits per heavy atom. The van der Waals surface area contributed by atoms with Gasteiger partial charge in [-0.15, -0.1) is 0 Å². The van der Waals surface area contributed by atoms with Gasteiger partial charge in [-0.1, -0.05) is 23.7 Å². The molecule has 0 spiro atoms. The lowest BCUT2D eigenvalue weighted by Gasteiger charge is -2.11. The van der Waals surface area contributed by atoms with Crippen molar-refractivity contribution < 1.29 is 22.7 Å². The number of fused-ring (bicyclic) bond motifs is 1. The van der Waals surface area contributed by atoms with Gasteiger partial charge >= 0.3 is 6.18 Å². The van der Waals surface area contributed by atoms with E-state index in [9.17, 15) is 18.3 Å². The number of aromatic nitrogens is 1. The van der Waals surface area contributed by atoms with Crippen LogP contribution in [-0.4, -0.2) is 10.1 Å². The van der Waals surface area contributed by atoms with Crippen LogP contribution in [0, 0.1) is 0 Å². The third kappa shape index (κ3) is 2.67. The van der Waals surface area contributed by atoms with Crippen molar-refractivity contribution in [3.8, 4) is 0 Å². The molecule has 2 aromatic heterocycles. The number of aliphatic hydroxyl groups is 1. The topological polar surface area (TPSA) is 46.3 Å². The van der Waals surface area contributed by atoms with Crippen LogP contribution in [0.3, 0.4) is 0 Å². The Hall–Kier alpha value is -2.05. The fraction of sp³-hybridized carbons (Fsp3) is 0.133. The molecule has 3 rings (SSSR count). The minimum Gasteiger partial charge on any atom is -0.455 e. The molecule has 3 nitrogen and oxygen atoms in total. The molecule has 22 heavy (non-hydrogen) atoms. The largest absolute Gasteiger partial charge is 0.455 e. The zero-order chi connectivity index (χ0) is 15.9. The van der Waals surface area contributed by atoms with Gasteiger partial charge < -0.3 is 9.52 Å². The molecular formula is C15H9ClF3NO2. The summed E-state index contributed by atoms with van der Waals surface area (Å²) in [7, 11) is 0. The summed E-state index contributed by atoms with van der Waals surface area (Å²) in [5.74, 6) is 0.101. The minimum absolute atomic E-state index is 0.0814. The average molecular weight is 328 g/mol. The molecule has 0 radical (unpaired) electrons. The summed E-state index contributed by atoms with van der Waals surface area (Å²) < 4.78 is 43.6. The van der Waals surface area contributed by atoms with Gasteiger partial charge in [0.1, 0.15) is 11.9 Å². The number of alkyl halides is 3. The normalized spacial score (nSPS) is 13.5. The number of nitrogens with zero attached hydrogens (tertiary/aromatic N) is 1. The van der Waals surface area contributed by atoms with Crippen molar-refractivity contribution in [1.82, 2.24) is 4.98 Å². The Kier molecular flexibility index (Phi) is 3.58. The van der Waals surface area contributed by atoms with Crippen LogP contribution in [0.5, 0.6) is 0 Å². The third-order valence-corrected chi connectivity index (χ3v) is 3.48. The minimum atomic E-state index is -4.48. The molecule has 114 valence electrons. The SMILES string of the molecule is OC(c1cccc(C(F)(F)F)c1)c1cc2ccnc(Cl)c2o1. The zero-order valence-electron chi connectivity index (χ0n) is 10.9. The monoisotopic (exact) mass is 327 g/mol. The summed E-state index contributed by atoms with van der Waals surface area (Å²) >= 11 is 5.87. The van der Waals surface area contributed by atoms with Gasteiger partial charge in [0.25, 0.3) is 0 Å². The maximum Gasteiger partial charge on any atom is 0.416 e. The van der Waals surface area contributed by atoms with Crippen molar-refractivity contribution in [2.45, 2.75) is 12.3 Å². The van der Waals surface area contributed by atoms with Crippen molar-refractivity contribution in [2.75, 3.05) is 0 Å². The average Bonchev–Trinajstić information content (AvgIpc) is 2.91. The number of rotatable bonds is 2. The van der Waals surface area contributed by atoms with Gasteiger partial charge in [0, 0.05) is 11.6 Å². The molecule has 1 unspecified atom stereocenters. The molecule has 1 atom stereocenters. The zero-order valence-corrected chi connectivity index (χ0v) is 11.7. The van der Waals surface area contributed by atoms with Gasteiger partial charge in [-0.25, -0.2) is 4.98 Å². The Bertz CT molecular complexity index is 829. The predicted molar refractivity (Wildman–Crippen MR) is 74.5 cm³/mol. The lowest BCUT2D eigenvalue weighted by Crippen LogP contribution is -2.07. The van der Waals surface area contributed by atoms with E-state index in [4.69, 9.17) is 16.0 Å². The Morgan fingerprint density at radius 2 is 1.95 bits per heavy atom. The number of hydrogen-bond donors (Lipinski definition) is 1. The lowest BCUT2D eigenvalue weighted by atomic mass is 10.0. The second kappa shape index (κ2) is 5.30. The van der Waals surface area contributed by atoms with Gasteiger partial charge in [0.05, 0.1) is 5.56 Å². The van der Waals surface area contributed by atoms with E-state index in [-0.39, 0.29) is 22.1 Å². The fourth-order valence-electron chi connectivity index (χ4n) is 2.14. The van der Waals surface area contributed by atoms with E-state index in [2.05, 4.69) is 4.98 Å². The summed E-state index contributed by atoms with van der Waals surface area (Å²) in [5, 5.41) is 11.0. The third-order valence-electron chi connectivity index (χ3n) is 3.21. The van der Waals surface area contributed by atoms with Crippen LogP contribution >= 0.6 is 11.6 Å². The molecule has 0 amide bonds. The molecule has 0 bridgehead atoms. The van der Waals surface area contributed by atoms with E-state index in [0.717, 1.165) is 12.1 Å². The Labute approximate surface area is 128 Å². The van der Waals surface area contributed by atoms with Gasteiger partial charge in [0.2, 0.25) is 0 Å². The standard InChI is InChI=1S/C15H9ClF3NO2/c16-14-13-9(4-5-20-14)7-11(22-13)12(21)8-2-1-3-10(6-8)15(17,18)19/h1-7,12,21H. The smallest absolute Gasteiger partial charge is 0.416 e. The van der Waals surface area contributed by atoms with E-state index in [1.807, 2.05) is 0 Å². The first-order valence-corrected chi connectivity index (χ1v) is 6.63. The van der Waals surface area contributed by atoms with Gasteiger partial charge in [0.15, 0.2) is 10.7 Å². The van der Waals surface area contributed by atoms with Crippen LogP contribution in [0.4, 0.5) is 13.2 Å². The highest BCUT2D eigenvalue weighted by Crippen LogP contribution is 2.34. The van der Waals surface area contributed by atoms with E-state index >= 15 is 0 Å². The number of pyridine rings is 1. The van der Waals surface area contributed by atoms with Crippen molar-refractivity contribution in [1.29, 1.82) is 0 Å². The van der Waals surface area contributed by atoms with E-state index < -0.39 is 17.8 Å². The van der Waals surface area contributed by atoms with Crippen LogP contribution < -0.4 is 0 Å². The molecule has 0 aliphatic heterocycles. The van der Waals surface area contributed by atoms with E-state index in [1.165, 1.54) is 24.4 Å². The van der Waals surface area contributed by atoms with Crippen molar-refractivity contribution >= 4 is 22.6 Å². The Balaban J connectivity index is 2.02. The van der Waals surface area contributed by atoms with Crippen LogP contribution in [0.1, 0.15) is 23.0 Å². The molecular weight excluding hydrogens is 319 g/mol. The van der Waals surface area contributed by atoms with Crippen LogP contribution in [-0.2, 0) is 6.18 Å². The molecule has 2 heterocycles. The number of halogens is 4. The van der Waals surface area contributed by atoms with Crippen molar-refractivity contribution in [3.05, 3.63) is 64.6 Å². The quantitative estimate of drug-likeness (QED) is 0.701. The number of aliphatic hydroxyl groups excluding tert-OH is 1. The fourth-order valence-corrected chi connectivity index (χ4v) is 2.34. The Morgan fingerprint density at radius 1 is 1.18 bits per heavy atom. The second-order valence-electron chi connectivity index (χ2n) is 4.69. The summed E-state index contributed by atoms with van der Waals surface area (Å²) in [6, 6.07) is 7.61. The highest BCUT2D eigenvalue weighted by Gasteiger charge is 2.31. The number of hydrogen-bond acceptors (Lipinski definition) is 3. The first kappa shape index (κ1) is 14.9. The molecule has 0 aliphatic rings. The van der Waals surface area contributed by atoms with E-state index in [0.29, 0.717) is 5.39 Å². The second-order valence-corrected chi connectivity index (χ2v) is 5.05. The molecule has 1 N–H and O–H groups in total. The summed E-state index contributed by atoms with van der Waals surface area (Å²) in [4.78, 5) is 3.84. The summed E-state index contributed by atoms with van der Waals surface area (Å²) in [6.45, 7) is 0. The molecule has 7 heteroatoms. The highest BCUT2D eigenvalue weighted by atomic mass is 35.5. The molecule has 3 aromatic rings. The maximum absolute atomic E-state index is 12.7. The van der Waals surface area contributed by atoms with Gasteiger partial charge in [-0.3, -0.25) is 0 Å². The lowest BCUT2D eigenvalue weighted by molar-refractivity contribution is -0.137. The van der Waals surface area contributed by atoms with Gasteiger partial charge in [-0.2, -0.15) is 13.2 Å². The van der Waals surface area contributed by atoms with E-state index in [1.54, 1.807) is 6.07 Å².